The van der Waals surface area contributed by atoms with Gasteiger partial charge >= 0.3 is 0 Å². The molecule has 8 rings (SSSR count). The fraction of sp³-hybridized carbons (Fsp3) is 0. The zero-order chi connectivity index (χ0) is 28.2. The van der Waals surface area contributed by atoms with Crippen LogP contribution in [0.25, 0.3) is 73.7 Å². The Balaban J connectivity index is 1.41. The molecule has 2 nitrogen and oxygen atoms in total. The molecular weight excluding hydrogens is 549 g/mol. The minimum absolute atomic E-state index is 0.610. The van der Waals surface area contributed by atoms with E-state index in [0.717, 1.165) is 33.4 Å². The van der Waals surface area contributed by atoms with Crippen LogP contribution in [0.1, 0.15) is 11.1 Å². The second-order valence-corrected chi connectivity index (χ2v) is 12.5. The molecule has 2 heterocycles. The van der Waals surface area contributed by atoms with Gasteiger partial charge in [0.25, 0.3) is 0 Å². The molecule has 0 aliphatic carbocycles. The van der Waals surface area contributed by atoms with E-state index in [9.17, 15) is 10.5 Å². The molecule has 0 aliphatic heterocycles. The fourth-order valence-corrected chi connectivity index (χ4v) is 8.28. The van der Waals surface area contributed by atoms with Crippen molar-refractivity contribution < 1.29 is 0 Å². The van der Waals surface area contributed by atoms with E-state index in [1.54, 1.807) is 22.7 Å². The van der Waals surface area contributed by atoms with Crippen LogP contribution < -0.4 is 0 Å². The summed E-state index contributed by atoms with van der Waals surface area (Å²) in [5.41, 5.74) is 6.74. The Morgan fingerprint density at radius 3 is 1.45 bits per heavy atom. The molecule has 0 N–H and O–H groups in total. The second kappa shape index (κ2) is 9.68. The van der Waals surface area contributed by atoms with Crippen molar-refractivity contribution in [2.45, 2.75) is 0 Å². The van der Waals surface area contributed by atoms with Crippen LogP contribution in [-0.2, 0) is 0 Å². The van der Waals surface area contributed by atoms with E-state index in [1.807, 2.05) is 24.3 Å². The van der Waals surface area contributed by atoms with Crippen LogP contribution in [0.4, 0.5) is 0 Å². The summed E-state index contributed by atoms with van der Waals surface area (Å²) in [6, 6.07) is 46.7. The van der Waals surface area contributed by atoms with Gasteiger partial charge in [0.15, 0.2) is 0 Å². The molecule has 42 heavy (non-hydrogen) atoms. The monoisotopic (exact) mass is 568 g/mol. The molecule has 4 heteroatoms. The quantitative estimate of drug-likeness (QED) is 0.213. The first-order valence-corrected chi connectivity index (χ1v) is 15.3. The molecule has 2 aromatic heterocycles. The maximum atomic E-state index is 10.6. The van der Waals surface area contributed by atoms with Crippen molar-refractivity contribution in [3.8, 4) is 45.5 Å². The molecule has 6 aromatic carbocycles. The first kappa shape index (κ1) is 24.5. The number of hydrogen-bond donors (Lipinski definition) is 0. The molecule has 0 bridgehead atoms. The van der Waals surface area contributed by atoms with Crippen molar-refractivity contribution in [3.63, 3.8) is 0 Å². The Morgan fingerprint density at radius 2 is 0.905 bits per heavy atom. The molecule has 8 aromatic rings. The Morgan fingerprint density at radius 1 is 0.405 bits per heavy atom. The molecule has 0 fully saturated rings. The summed E-state index contributed by atoms with van der Waals surface area (Å²) in [5.74, 6) is 0. The van der Waals surface area contributed by atoms with Gasteiger partial charge in [0.1, 0.15) is 6.07 Å². The summed E-state index contributed by atoms with van der Waals surface area (Å²) < 4.78 is 4.88. The third-order valence-electron chi connectivity index (χ3n) is 7.99. The van der Waals surface area contributed by atoms with E-state index in [2.05, 4.69) is 109 Å². The summed E-state index contributed by atoms with van der Waals surface area (Å²) in [7, 11) is 0. The predicted molar refractivity (Wildman–Crippen MR) is 178 cm³/mol. The van der Waals surface area contributed by atoms with E-state index in [0.29, 0.717) is 11.1 Å². The van der Waals surface area contributed by atoms with Crippen molar-refractivity contribution in [1.82, 2.24) is 0 Å². The summed E-state index contributed by atoms with van der Waals surface area (Å²) >= 11 is 3.54. The highest BCUT2D eigenvalue weighted by molar-refractivity contribution is 7.26. The minimum atomic E-state index is 0.610. The molecule has 0 amide bonds. The van der Waals surface area contributed by atoms with Gasteiger partial charge < -0.3 is 0 Å². The van der Waals surface area contributed by atoms with Crippen LogP contribution in [-0.4, -0.2) is 0 Å². The van der Waals surface area contributed by atoms with E-state index in [4.69, 9.17) is 0 Å². The van der Waals surface area contributed by atoms with Gasteiger partial charge in [-0.05, 0) is 64.7 Å². The molecule has 194 valence electrons. The van der Waals surface area contributed by atoms with Gasteiger partial charge in [-0.15, -0.1) is 22.7 Å². The number of hydrogen-bond acceptors (Lipinski definition) is 4. The highest BCUT2D eigenvalue weighted by atomic mass is 32.1. The van der Waals surface area contributed by atoms with E-state index in [1.165, 1.54) is 40.3 Å². The number of fused-ring (bicyclic) bond motifs is 6. The van der Waals surface area contributed by atoms with Crippen LogP contribution in [0.15, 0.2) is 121 Å². The maximum absolute atomic E-state index is 10.6. The Hall–Kier alpha value is -5.26. The van der Waals surface area contributed by atoms with E-state index in [-0.39, 0.29) is 0 Å². The van der Waals surface area contributed by atoms with Crippen LogP contribution in [0, 0.1) is 22.7 Å². The third-order valence-corrected chi connectivity index (χ3v) is 10.3. The Labute approximate surface area is 250 Å². The summed E-state index contributed by atoms with van der Waals surface area (Å²) in [6.07, 6.45) is 0. The maximum Gasteiger partial charge on any atom is 0.100 e. The standard InChI is InChI=1S/C38H20N2S2/c39-21-25-7-1-2-8-27(25)26-17-32(23-13-15-30-28-9-3-5-11-35(28)41-37(30)19-23)34(22-40)33(18-26)24-14-16-31-29-10-4-6-12-36(29)42-38(31)20-24/h1-20H. The van der Waals surface area contributed by atoms with Crippen molar-refractivity contribution >= 4 is 63.0 Å². The van der Waals surface area contributed by atoms with Gasteiger partial charge in [0.05, 0.1) is 17.2 Å². The minimum Gasteiger partial charge on any atom is -0.192 e. The first-order chi connectivity index (χ1) is 20.7. The van der Waals surface area contributed by atoms with Gasteiger partial charge in [-0.2, -0.15) is 10.5 Å². The Bertz CT molecular complexity index is 2310. The highest BCUT2D eigenvalue weighted by Crippen LogP contribution is 2.43. The zero-order valence-electron chi connectivity index (χ0n) is 22.3. The first-order valence-electron chi connectivity index (χ1n) is 13.6. The second-order valence-electron chi connectivity index (χ2n) is 10.3. The van der Waals surface area contributed by atoms with Gasteiger partial charge in [0, 0.05) is 51.5 Å². The molecule has 0 saturated carbocycles. The van der Waals surface area contributed by atoms with Crippen LogP contribution >= 0.6 is 22.7 Å². The lowest BCUT2D eigenvalue weighted by molar-refractivity contribution is 1.46. The summed E-state index contributed by atoms with van der Waals surface area (Å²) in [5, 5.41) is 25.5. The van der Waals surface area contributed by atoms with E-state index < -0.39 is 0 Å². The molecular formula is C38H20N2S2. The molecule has 0 aliphatic rings. The van der Waals surface area contributed by atoms with Gasteiger partial charge in [-0.3, -0.25) is 0 Å². The van der Waals surface area contributed by atoms with Gasteiger partial charge in [0.2, 0.25) is 0 Å². The largest absolute Gasteiger partial charge is 0.192 e. The van der Waals surface area contributed by atoms with Crippen molar-refractivity contribution in [1.29, 1.82) is 10.5 Å². The van der Waals surface area contributed by atoms with Crippen LogP contribution in [0.5, 0.6) is 0 Å². The molecule has 0 atom stereocenters. The normalized spacial score (nSPS) is 11.3. The number of rotatable bonds is 3. The number of nitriles is 2. The smallest absolute Gasteiger partial charge is 0.100 e. The highest BCUT2D eigenvalue weighted by Gasteiger charge is 2.18. The summed E-state index contributed by atoms with van der Waals surface area (Å²) in [4.78, 5) is 0. The number of nitrogens with zero attached hydrogens (tertiary/aromatic N) is 2. The summed E-state index contributed by atoms with van der Waals surface area (Å²) in [6.45, 7) is 0. The molecule has 0 radical (unpaired) electrons. The number of thiophene rings is 2. The van der Waals surface area contributed by atoms with Crippen molar-refractivity contribution in [3.05, 3.63) is 132 Å². The number of benzene rings is 6. The lowest BCUT2D eigenvalue weighted by Crippen LogP contribution is -1.94. The third kappa shape index (κ3) is 3.82. The lowest BCUT2D eigenvalue weighted by Gasteiger charge is -2.15. The van der Waals surface area contributed by atoms with Gasteiger partial charge in [-0.1, -0.05) is 78.9 Å². The lowest BCUT2D eigenvalue weighted by atomic mass is 9.87. The topological polar surface area (TPSA) is 47.6 Å². The molecule has 0 unspecified atom stereocenters. The average Bonchev–Trinajstić information content (AvgIpc) is 3.61. The van der Waals surface area contributed by atoms with Crippen LogP contribution in [0.2, 0.25) is 0 Å². The zero-order valence-corrected chi connectivity index (χ0v) is 23.9. The SMILES string of the molecule is N#Cc1ccccc1-c1cc(-c2ccc3c(c2)sc2ccccc23)c(C#N)c(-c2ccc3c(c2)sc2ccccc23)c1. The van der Waals surface area contributed by atoms with E-state index >= 15 is 0 Å². The Kier molecular flexibility index (Phi) is 5.66. The average molecular weight is 569 g/mol. The van der Waals surface area contributed by atoms with Crippen molar-refractivity contribution in [2.24, 2.45) is 0 Å². The molecule has 0 saturated heterocycles. The van der Waals surface area contributed by atoms with Crippen LogP contribution in [0.3, 0.4) is 0 Å². The van der Waals surface area contributed by atoms with Gasteiger partial charge in [-0.25, -0.2) is 0 Å². The predicted octanol–water partition coefficient (Wildman–Crippen LogP) is 11.2. The van der Waals surface area contributed by atoms with Crippen molar-refractivity contribution in [2.75, 3.05) is 0 Å². The molecule has 0 spiro atoms. The fourth-order valence-electron chi connectivity index (χ4n) is 5.99.